The standard InChI is InChI=1S/C6H10BrNO3/c7-5-3-1-2-4-6(5)11-8(9)10/h5-6H,1-4H2/t5-,6+/m1/s1. The van der Waals surface area contributed by atoms with Gasteiger partial charge in [-0.2, -0.15) is 0 Å². The van der Waals surface area contributed by atoms with E-state index in [-0.39, 0.29) is 10.9 Å². The molecule has 1 fully saturated rings. The molecule has 1 aliphatic carbocycles. The second-order valence-corrected chi connectivity index (χ2v) is 3.84. The van der Waals surface area contributed by atoms with Gasteiger partial charge in [-0.1, -0.05) is 28.8 Å². The third-order valence-corrected chi connectivity index (χ3v) is 2.89. The van der Waals surface area contributed by atoms with Crippen LogP contribution in [-0.4, -0.2) is 16.0 Å². The smallest absolute Gasteiger partial charge is 0.294 e. The molecule has 1 rings (SSSR count). The summed E-state index contributed by atoms with van der Waals surface area (Å²) in [5, 5.41) is 9.27. The van der Waals surface area contributed by atoms with Gasteiger partial charge in [0.15, 0.2) is 0 Å². The molecule has 0 amide bonds. The summed E-state index contributed by atoms with van der Waals surface area (Å²) >= 11 is 3.35. The minimum Gasteiger partial charge on any atom is -0.309 e. The van der Waals surface area contributed by atoms with E-state index < -0.39 is 5.09 Å². The highest BCUT2D eigenvalue weighted by atomic mass is 79.9. The Bertz CT molecular complexity index is 153. The Labute approximate surface area is 73.1 Å². The molecular weight excluding hydrogens is 214 g/mol. The molecule has 0 aromatic rings. The minimum atomic E-state index is -0.704. The van der Waals surface area contributed by atoms with Crippen molar-refractivity contribution in [3.8, 4) is 0 Å². The zero-order valence-corrected chi connectivity index (χ0v) is 7.62. The molecule has 0 aromatic heterocycles. The van der Waals surface area contributed by atoms with Crippen LogP contribution >= 0.6 is 15.9 Å². The number of nitrogens with zero attached hydrogens (tertiary/aromatic N) is 1. The summed E-state index contributed by atoms with van der Waals surface area (Å²) in [5.41, 5.74) is 0. The molecule has 0 spiro atoms. The summed E-state index contributed by atoms with van der Waals surface area (Å²) in [7, 11) is 0. The fourth-order valence-corrected chi connectivity index (χ4v) is 1.97. The molecule has 0 heterocycles. The maximum Gasteiger partial charge on any atom is 0.294 e. The van der Waals surface area contributed by atoms with Gasteiger partial charge in [0.2, 0.25) is 0 Å². The van der Waals surface area contributed by atoms with Crippen LogP contribution in [0.5, 0.6) is 0 Å². The highest BCUT2D eigenvalue weighted by Gasteiger charge is 2.25. The molecule has 0 saturated heterocycles. The maximum atomic E-state index is 9.98. The zero-order valence-electron chi connectivity index (χ0n) is 6.03. The molecule has 1 aliphatic rings. The predicted octanol–water partition coefficient (Wildman–Crippen LogP) is 1.90. The van der Waals surface area contributed by atoms with Gasteiger partial charge < -0.3 is 4.84 Å². The zero-order chi connectivity index (χ0) is 8.27. The largest absolute Gasteiger partial charge is 0.309 e. The molecule has 0 aliphatic heterocycles. The van der Waals surface area contributed by atoms with Gasteiger partial charge in [-0.15, -0.1) is 10.1 Å². The summed E-state index contributed by atoms with van der Waals surface area (Å²) < 4.78 is 0. The number of alkyl halides is 1. The maximum absolute atomic E-state index is 9.98. The quantitative estimate of drug-likeness (QED) is 0.409. The SMILES string of the molecule is O=[N+]([O-])O[C@H]1CCCC[C@H]1Br. The van der Waals surface area contributed by atoms with Gasteiger partial charge >= 0.3 is 0 Å². The summed E-state index contributed by atoms with van der Waals surface area (Å²) in [6.45, 7) is 0. The fraction of sp³-hybridized carbons (Fsp3) is 1.00. The van der Waals surface area contributed by atoms with E-state index in [2.05, 4.69) is 20.8 Å². The second-order valence-electron chi connectivity index (χ2n) is 2.67. The van der Waals surface area contributed by atoms with E-state index in [0.29, 0.717) is 0 Å². The first-order valence-electron chi connectivity index (χ1n) is 3.65. The van der Waals surface area contributed by atoms with Crippen molar-refractivity contribution in [2.45, 2.75) is 36.6 Å². The molecule has 0 N–H and O–H groups in total. The summed E-state index contributed by atoms with van der Waals surface area (Å²) in [5.74, 6) is 0. The molecule has 0 radical (unpaired) electrons. The number of rotatable bonds is 2. The highest BCUT2D eigenvalue weighted by Crippen LogP contribution is 2.26. The molecule has 4 nitrogen and oxygen atoms in total. The van der Waals surface area contributed by atoms with Crippen molar-refractivity contribution in [3.63, 3.8) is 0 Å². The van der Waals surface area contributed by atoms with E-state index >= 15 is 0 Å². The van der Waals surface area contributed by atoms with Crippen LogP contribution in [0.25, 0.3) is 0 Å². The summed E-state index contributed by atoms with van der Waals surface area (Å²) in [4.78, 5) is 14.6. The molecule has 1 saturated carbocycles. The van der Waals surface area contributed by atoms with E-state index in [9.17, 15) is 10.1 Å². The molecule has 11 heavy (non-hydrogen) atoms. The third-order valence-electron chi connectivity index (χ3n) is 1.84. The van der Waals surface area contributed by atoms with Gasteiger partial charge in [-0.25, -0.2) is 0 Å². The van der Waals surface area contributed by atoms with Crippen LogP contribution in [-0.2, 0) is 4.84 Å². The molecular formula is C6H10BrNO3. The topological polar surface area (TPSA) is 52.4 Å². The Morgan fingerprint density at radius 2 is 2.09 bits per heavy atom. The third kappa shape index (κ3) is 2.65. The van der Waals surface area contributed by atoms with Crippen LogP contribution in [0.2, 0.25) is 0 Å². The number of hydrogen-bond acceptors (Lipinski definition) is 3. The molecule has 0 aromatic carbocycles. The number of halogens is 1. The van der Waals surface area contributed by atoms with Crippen LogP contribution in [0, 0.1) is 10.1 Å². The van der Waals surface area contributed by atoms with Crippen molar-refractivity contribution in [3.05, 3.63) is 10.1 Å². The number of hydrogen-bond donors (Lipinski definition) is 0. The Balaban J connectivity index is 2.35. The van der Waals surface area contributed by atoms with E-state index in [1.54, 1.807) is 0 Å². The molecule has 0 unspecified atom stereocenters. The lowest BCUT2D eigenvalue weighted by Crippen LogP contribution is -2.29. The van der Waals surface area contributed by atoms with Gasteiger partial charge in [0.05, 0.1) is 0 Å². The molecule has 64 valence electrons. The molecule has 0 bridgehead atoms. The first kappa shape index (κ1) is 8.77. The van der Waals surface area contributed by atoms with Crippen molar-refractivity contribution in [2.24, 2.45) is 0 Å². The summed E-state index contributed by atoms with van der Waals surface area (Å²) in [6, 6.07) is 0. The first-order chi connectivity index (χ1) is 5.20. The van der Waals surface area contributed by atoms with Crippen LogP contribution < -0.4 is 0 Å². The Kier molecular flexibility index (Phi) is 3.11. The fourth-order valence-electron chi connectivity index (χ4n) is 1.28. The van der Waals surface area contributed by atoms with Crippen molar-refractivity contribution < 1.29 is 9.92 Å². The monoisotopic (exact) mass is 223 g/mol. The normalized spacial score (nSPS) is 31.4. The first-order valence-corrected chi connectivity index (χ1v) is 4.57. The van der Waals surface area contributed by atoms with Gasteiger partial charge in [0.1, 0.15) is 6.10 Å². The lowest BCUT2D eigenvalue weighted by Gasteiger charge is -2.24. The lowest BCUT2D eigenvalue weighted by molar-refractivity contribution is -0.768. The van der Waals surface area contributed by atoms with Crippen LogP contribution in [0.4, 0.5) is 0 Å². The Hall–Kier alpha value is -0.320. The van der Waals surface area contributed by atoms with E-state index in [1.165, 1.54) is 0 Å². The molecule has 2 atom stereocenters. The van der Waals surface area contributed by atoms with Crippen molar-refractivity contribution in [2.75, 3.05) is 0 Å². The molecule has 5 heteroatoms. The van der Waals surface area contributed by atoms with E-state index in [4.69, 9.17) is 0 Å². The second kappa shape index (κ2) is 3.90. The van der Waals surface area contributed by atoms with Crippen LogP contribution in [0.15, 0.2) is 0 Å². The lowest BCUT2D eigenvalue weighted by atomic mass is 9.98. The van der Waals surface area contributed by atoms with Gasteiger partial charge in [-0.3, -0.25) is 0 Å². The van der Waals surface area contributed by atoms with Gasteiger partial charge in [-0.05, 0) is 12.8 Å². The Morgan fingerprint density at radius 1 is 1.45 bits per heavy atom. The van der Waals surface area contributed by atoms with Crippen molar-refractivity contribution >= 4 is 15.9 Å². The average Bonchev–Trinajstić information content (AvgIpc) is 1.93. The average molecular weight is 224 g/mol. The van der Waals surface area contributed by atoms with E-state index in [0.717, 1.165) is 25.7 Å². The Morgan fingerprint density at radius 3 is 2.64 bits per heavy atom. The summed E-state index contributed by atoms with van der Waals surface area (Å²) in [6.07, 6.45) is 3.68. The van der Waals surface area contributed by atoms with Gasteiger partial charge in [0.25, 0.3) is 5.09 Å². The highest BCUT2D eigenvalue weighted by molar-refractivity contribution is 9.09. The van der Waals surface area contributed by atoms with Crippen LogP contribution in [0.3, 0.4) is 0 Å². The van der Waals surface area contributed by atoms with Gasteiger partial charge in [0, 0.05) is 4.83 Å². The van der Waals surface area contributed by atoms with Crippen LogP contribution in [0.1, 0.15) is 25.7 Å². The van der Waals surface area contributed by atoms with Crippen molar-refractivity contribution in [1.29, 1.82) is 0 Å². The minimum absolute atomic E-state index is 0.154. The van der Waals surface area contributed by atoms with E-state index in [1.807, 2.05) is 0 Å². The van der Waals surface area contributed by atoms with Crippen molar-refractivity contribution in [1.82, 2.24) is 0 Å². The predicted molar refractivity (Wildman–Crippen MR) is 43.1 cm³/mol.